The van der Waals surface area contributed by atoms with Crippen LogP contribution in [-0.2, 0) is 28.6 Å². The largest absolute Gasteiger partial charge is 0.462 e. The molecule has 0 rings (SSSR count). The molecule has 1 unspecified atom stereocenters. The van der Waals surface area contributed by atoms with Gasteiger partial charge >= 0.3 is 17.9 Å². The van der Waals surface area contributed by atoms with Gasteiger partial charge in [-0.2, -0.15) is 0 Å². The molecule has 72 heavy (non-hydrogen) atoms. The topological polar surface area (TPSA) is 78.9 Å². The smallest absolute Gasteiger partial charge is 0.306 e. The van der Waals surface area contributed by atoms with Crippen LogP contribution in [-0.4, -0.2) is 37.2 Å². The fraction of sp³-hybridized carbons (Fsp3) is 0.742. The second-order valence-electron chi connectivity index (χ2n) is 20.2. The van der Waals surface area contributed by atoms with Crippen molar-refractivity contribution in [1.82, 2.24) is 0 Å². The Bertz CT molecular complexity index is 1380. The lowest BCUT2D eigenvalue weighted by molar-refractivity contribution is -0.167. The Hall–Kier alpha value is -3.41. The maximum atomic E-state index is 12.9. The molecule has 0 aromatic rings. The van der Waals surface area contributed by atoms with Crippen LogP contribution in [0, 0.1) is 0 Å². The van der Waals surface area contributed by atoms with E-state index in [2.05, 4.69) is 106 Å². The summed E-state index contributed by atoms with van der Waals surface area (Å²) in [6.45, 7) is 6.50. The Labute approximate surface area is 445 Å². The lowest BCUT2D eigenvalue weighted by atomic mass is 10.1. The SMILES string of the molecule is CC/C=C\C/C=C\C/C=C\C/C=C\CCCCCCCCCCC(=O)OCC(COC(=O)CCCCCCC/C=C\CCCCCCCCC)OC(=O)CCCCCCCCC/C=C\C/C=C\CCCCC. The van der Waals surface area contributed by atoms with Gasteiger partial charge in [0, 0.05) is 19.3 Å². The zero-order valence-corrected chi connectivity index (χ0v) is 47.4. The Morgan fingerprint density at radius 2 is 0.542 bits per heavy atom. The van der Waals surface area contributed by atoms with Gasteiger partial charge in [-0.25, -0.2) is 0 Å². The van der Waals surface area contributed by atoms with E-state index in [4.69, 9.17) is 14.2 Å². The number of carbonyl (C=O) groups excluding carboxylic acids is 3. The Kier molecular flexibility index (Phi) is 57.3. The van der Waals surface area contributed by atoms with E-state index in [-0.39, 0.29) is 31.1 Å². The predicted octanol–water partition coefficient (Wildman–Crippen LogP) is 20.7. The van der Waals surface area contributed by atoms with E-state index < -0.39 is 6.10 Å². The zero-order valence-electron chi connectivity index (χ0n) is 47.4. The number of rotatable bonds is 55. The second kappa shape index (κ2) is 60.1. The third-order valence-corrected chi connectivity index (χ3v) is 13.1. The van der Waals surface area contributed by atoms with Crippen molar-refractivity contribution in [3.63, 3.8) is 0 Å². The average Bonchev–Trinajstić information content (AvgIpc) is 3.38. The molecular formula is C66H114O6. The van der Waals surface area contributed by atoms with Gasteiger partial charge in [0.1, 0.15) is 13.2 Å². The van der Waals surface area contributed by atoms with Gasteiger partial charge in [-0.3, -0.25) is 14.4 Å². The summed E-state index contributed by atoms with van der Waals surface area (Å²) in [7, 11) is 0. The molecule has 0 saturated heterocycles. The van der Waals surface area contributed by atoms with Crippen molar-refractivity contribution in [2.45, 2.75) is 303 Å². The molecule has 0 heterocycles. The molecule has 0 bridgehead atoms. The number of carbonyl (C=O) groups is 3. The first-order valence-corrected chi connectivity index (χ1v) is 30.6. The summed E-state index contributed by atoms with van der Waals surface area (Å²) in [6.07, 6.45) is 78.6. The highest BCUT2D eigenvalue weighted by Gasteiger charge is 2.19. The Morgan fingerprint density at radius 3 is 0.889 bits per heavy atom. The number of ether oxygens (including phenoxy) is 3. The third-order valence-electron chi connectivity index (χ3n) is 13.1. The molecule has 1 atom stereocenters. The van der Waals surface area contributed by atoms with Crippen molar-refractivity contribution in [1.29, 1.82) is 0 Å². The summed E-state index contributed by atoms with van der Waals surface area (Å²) in [6, 6.07) is 0. The first kappa shape index (κ1) is 68.6. The predicted molar refractivity (Wildman–Crippen MR) is 311 cm³/mol. The molecule has 0 aromatic heterocycles. The van der Waals surface area contributed by atoms with E-state index in [1.807, 2.05) is 0 Å². The van der Waals surface area contributed by atoms with Gasteiger partial charge in [0.2, 0.25) is 0 Å². The number of hydrogen-bond donors (Lipinski definition) is 0. The summed E-state index contributed by atoms with van der Waals surface area (Å²) in [4.78, 5) is 38.3. The molecule has 6 nitrogen and oxygen atoms in total. The van der Waals surface area contributed by atoms with Crippen LogP contribution in [0.15, 0.2) is 85.1 Å². The van der Waals surface area contributed by atoms with Crippen LogP contribution in [0.1, 0.15) is 297 Å². The Balaban J connectivity index is 4.40. The minimum atomic E-state index is -0.789. The quantitative estimate of drug-likeness (QED) is 0.0261. The molecule has 6 heteroatoms. The molecule has 0 aliphatic carbocycles. The lowest BCUT2D eigenvalue weighted by Crippen LogP contribution is -2.30. The molecular weight excluding hydrogens is 889 g/mol. The van der Waals surface area contributed by atoms with Crippen LogP contribution < -0.4 is 0 Å². The van der Waals surface area contributed by atoms with Crippen LogP contribution >= 0.6 is 0 Å². The van der Waals surface area contributed by atoms with Crippen molar-refractivity contribution in [2.75, 3.05) is 13.2 Å². The van der Waals surface area contributed by atoms with Gasteiger partial charge in [0.15, 0.2) is 6.10 Å². The molecule has 0 amide bonds. The molecule has 0 aliphatic heterocycles. The zero-order chi connectivity index (χ0) is 52.2. The van der Waals surface area contributed by atoms with Crippen molar-refractivity contribution < 1.29 is 28.6 Å². The van der Waals surface area contributed by atoms with Crippen LogP contribution in [0.5, 0.6) is 0 Å². The molecule has 0 spiro atoms. The maximum Gasteiger partial charge on any atom is 0.306 e. The molecule has 0 aliphatic rings. The van der Waals surface area contributed by atoms with E-state index >= 15 is 0 Å². The molecule has 0 aromatic carbocycles. The minimum absolute atomic E-state index is 0.0859. The number of unbranched alkanes of at least 4 members (excludes halogenated alkanes) is 30. The summed E-state index contributed by atoms with van der Waals surface area (Å²) in [5, 5.41) is 0. The van der Waals surface area contributed by atoms with Crippen molar-refractivity contribution in [3.8, 4) is 0 Å². The van der Waals surface area contributed by atoms with Gasteiger partial charge in [0.05, 0.1) is 0 Å². The van der Waals surface area contributed by atoms with Crippen LogP contribution in [0.2, 0.25) is 0 Å². The van der Waals surface area contributed by atoms with Crippen molar-refractivity contribution in [2.24, 2.45) is 0 Å². The Morgan fingerprint density at radius 1 is 0.292 bits per heavy atom. The minimum Gasteiger partial charge on any atom is -0.462 e. The summed E-state index contributed by atoms with van der Waals surface area (Å²) in [5.74, 6) is -0.900. The summed E-state index contributed by atoms with van der Waals surface area (Å²) < 4.78 is 16.9. The van der Waals surface area contributed by atoms with Crippen molar-refractivity contribution >= 4 is 17.9 Å². The van der Waals surface area contributed by atoms with E-state index in [1.165, 1.54) is 148 Å². The monoisotopic (exact) mass is 1000 g/mol. The van der Waals surface area contributed by atoms with E-state index in [0.717, 1.165) is 109 Å². The highest BCUT2D eigenvalue weighted by molar-refractivity contribution is 5.71. The van der Waals surface area contributed by atoms with Crippen LogP contribution in [0.4, 0.5) is 0 Å². The summed E-state index contributed by atoms with van der Waals surface area (Å²) >= 11 is 0. The molecule has 0 saturated carbocycles. The molecule has 0 fully saturated rings. The standard InChI is InChI=1S/C66H114O6/c1-4-7-10-13-16-19-22-25-28-31-32-33-34-36-38-41-44-47-50-53-56-59-65(68)71-62-63(61-70-64(67)58-55-52-49-46-43-40-37-30-27-24-21-18-15-12-9-6-3)72-66(69)60-57-54-51-48-45-42-39-35-29-26-23-20-17-14-11-8-5-2/h7,10,16-17,19-20,25-26,28-30,32-33,37,63H,4-6,8-9,11-15,18,21-24,27,31,34-36,38-62H2,1-3H3/b10-7-,19-16-,20-17-,28-25-,29-26-,33-32-,37-30-. The van der Waals surface area contributed by atoms with Crippen LogP contribution in [0.25, 0.3) is 0 Å². The molecule has 0 N–H and O–H groups in total. The average molecular weight is 1000 g/mol. The number of esters is 3. The molecule has 414 valence electrons. The van der Waals surface area contributed by atoms with E-state index in [1.54, 1.807) is 0 Å². The lowest BCUT2D eigenvalue weighted by Gasteiger charge is -2.18. The third kappa shape index (κ3) is 57.5. The second-order valence-corrected chi connectivity index (χ2v) is 20.2. The summed E-state index contributed by atoms with van der Waals surface area (Å²) in [5.41, 5.74) is 0. The molecule has 0 radical (unpaired) electrons. The first-order valence-electron chi connectivity index (χ1n) is 30.6. The van der Waals surface area contributed by atoms with Gasteiger partial charge in [-0.15, -0.1) is 0 Å². The van der Waals surface area contributed by atoms with Gasteiger partial charge in [0.25, 0.3) is 0 Å². The normalized spacial score (nSPS) is 12.7. The maximum absolute atomic E-state index is 12.9. The highest BCUT2D eigenvalue weighted by Crippen LogP contribution is 2.15. The van der Waals surface area contributed by atoms with E-state index in [0.29, 0.717) is 19.3 Å². The first-order chi connectivity index (χ1) is 35.5. The van der Waals surface area contributed by atoms with Gasteiger partial charge in [-0.1, -0.05) is 247 Å². The van der Waals surface area contributed by atoms with E-state index in [9.17, 15) is 14.4 Å². The highest BCUT2D eigenvalue weighted by atomic mass is 16.6. The fourth-order valence-corrected chi connectivity index (χ4v) is 8.52. The van der Waals surface area contributed by atoms with Crippen molar-refractivity contribution in [3.05, 3.63) is 85.1 Å². The fourth-order valence-electron chi connectivity index (χ4n) is 8.52. The van der Waals surface area contributed by atoms with Gasteiger partial charge in [-0.05, 0) is 116 Å². The van der Waals surface area contributed by atoms with Crippen LogP contribution in [0.3, 0.4) is 0 Å². The number of allylic oxidation sites excluding steroid dienone is 14. The van der Waals surface area contributed by atoms with Gasteiger partial charge < -0.3 is 14.2 Å². The number of hydrogen-bond acceptors (Lipinski definition) is 6.